The van der Waals surface area contributed by atoms with E-state index in [2.05, 4.69) is 22.9 Å². The van der Waals surface area contributed by atoms with E-state index >= 15 is 0 Å². The molecule has 0 amide bonds. The fraction of sp³-hybridized carbons (Fsp3) is 1.00. The van der Waals surface area contributed by atoms with E-state index in [0.717, 1.165) is 5.33 Å². The van der Waals surface area contributed by atoms with Crippen molar-refractivity contribution in [3.05, 3.63) is 0 Å². The highest BCUT2D eigenvalue weighted by Crippen LogP contribution is 2.14. The van der Waals surface area contributed by atoms with Gasteiger partial charge in [-0.3, -0.25) is 0 Å². The molecule has 0 aliphatic heterocycles. The van der Waals surface area contributed by atoms with Gasteiger partial charge in [0.05, 0.1) is 0 Å². The summed E-state index contributed by atoms with van der Waals surface area (Å²) in [5.41, 5.74) is 0. The van der Waals surface area contributed by atoms with Crippen LogP contribution in [0.2, 0.25) is 0 Å². The van der Waals surface area contributed by atoms with Gasteiger partial charge >= 0.3 is 0 Å². The van der Waals surface area contributed by atoms with E-state index in [-0.39, 0.29) is 0 Å². The maximum absolute atomic E-state index is 6.08. The van der Waals surface area contributed by atoms with Crippen LogP contribution in [0.1, 0.15) is 45.4 Å². The number of unbranched alkanes of at least 4 members (excludes halogenated alkanes) is 2. The second-order valence-corrected chi connectivity index (χ2v) is 4.33. The Labute approximate surface area is 83.8 Å². The Hall–Kier alpha value is 0.770. The Bertz CT molecular complexity index is 76.0. The van der Waals surface area contributed by atoms with Crippen molar-refractivity contribution < 1.29 is 0 Å². The minimum atomic E-state index is 0.425. The van der Waals surface area contributed by atoms with Gasteiger partial charge in [-0.25, -0.2) is 0 Å². The molecule has 0 aliphatic carbocycles. The SMILES string of the molecule is CCCCC(Cl)CCCCBr. The van der Waals surface area contributed by atoms with Crippen molar-refractivity contribution >= 4 is 27.5 Å². The smallest absolute Gasteiger partial charge is 0.0336 e. The minimum Gasteiger partial charge on any atom is -0.123 e. The number of rotatable bonds is 7. The van der Waals surface area contributed by atoms with Gasteiger partial charge in [-0.15, -0.1) is 11.6 Å². The van der Waals surface area contributed by atoms with E-state index < -0.39 is 0 Å². The van der Waals surface area contributed by atoms with Crippen LogP contribution in [0, 0.1) is 0 Å². The quantitative estimate of drug-likeness (QED) is 0.459. The first-order valence-electron chi connectivity index (χ1n) is 4.51. The van der Waals surface area contributed by atoms with Crippen LogP contribution >= 0.6 is 27.5 Å². The molecule has 0 aromatic heterocycles. The summed E-state index contributed by atoms with van der Waals surface area (Å²) in [7, 11) is 0. The summed E-state index contributed by atoms with van der Waals surface area (Å²) < 4.78 is 0. The van der Waals surface area contributed by atoms with Gasteiger partial charge in [0.1, 0.15) is 0 Å². The predicted octanol–water partition coefficient (Wildman–Crippen LogP) is 4.35. The van der Waals surface area contributed by atoms with Gasteiger partial charge in [0, 0.05) is 10.7 Å². The molecule has 11 heavy (non-hydrogen) atoms. The highest BCUT2D eigenvalue weighted by molar-refractivity contribution is 9.09. The zero-order chi connectivity index (χ0) is 8.53. The Morgan fingerprint density at radius 1 is 1.18 bits per heavy atom. The summed E-state index contributed by atoms with van der Waals surface area (Å²) in [6, 6.07) is 0. The molecule has 0 N–H and O–H groups in total. The van der Waals surface area contributed by atoms with Gasteiger partial charge in [0.25, 0.3) is 0 Å². The molecule has 0 nitrogen and oxygen atoms in total. The molecule has 68 valence electrons. The predicted molar refractivity (Wildman–Crippen MR) is 56.8 cm³/mol. The third kappa shape index (κ3) is 8.68. The maximum Gasteiger partial charge on any atom is 0.0336 e. The van der Waals surface area contributed by atoms with Crippen LogP contribution in [-0.4, -0.2) is 10.7 Å². The van der Waals surface area contributed by atoms with Crippen molar-refractivity contribution in [2.45, 2.75) is 50.8 Å². The standard InChI is InChI=1S/C9H18BrCl/c1-2-3-6-9(11)7-4-5-8-10/h9H,2-8H2,1H3. The number of hydrogen-bond acceptors (Lipinski definition) is 0. The van der Waals surface area contributed by atoms with Crippen molar-refractivity contribution in [2.75, 3.05) is 5.33 Å². The van der Waals surface area contributed by atoms with E-state index in [1.54, 1.807) is 0 Å². The van der Waals surface area contributed by atoms with Gasteiger partial charge < -0.3 is 0 Å². The Morgan fingerprint density at radius 3 is 2.36 bits per heavy atom. The zero-order valence-electron chi connectivity index (χ0n) is 7.28. The molecule has 0 heterocycles. The molecule has 0 bridgehead atoms. The second-order valence-electron chi connectivity index (χ2n) is 2.92. The minimum absolute atomic E-state index is 0.425. The molecule has 0 saturated heterocycles. The molecule has 0 spiro atoms. The summed E-state index contributed by atoms with van der Waals surface area (Å²) in [5, 5.41) is 1.54. The zero-order valence-corrected chi connectivity index (χ0v) is 9.62. The van der Waals surface area contributed by atoms with Gasteiger partial charge in [-0.1, -0.05) is 42.1 Å². The first-order valence-corrected chi connectivity index (χ1v) is 6.07. The molecular formula is C9H18BrCl. The first-order chi connectivity index (χ1) is 5.31. The first kappa shape index (κ1) is 11.8. The molecule has 0 fully saturated rings. The highest BCUT2D eigenvalue weighted by Gasteiger charge is 2.02. The van der Waals surface area contributed by atoms with E-state index in [4.69, 9.17) is 11.6 Å². The topological polar surface area (TPSA) is 0 Å². The average Bonchev–Trinajstić information content (AvgIpc) is 2.01. The molecule has 1 atom stereocenters. The monoisotopic (exact) mass is 240 g/mol. The number of alkyl halides is 2. The fourth-order valence-corrected chi connectivity index (χ4v) is 1.74. The average molecular weight is 242 g/mol. The molecule has 2 heteroatoms. The van der Waals surface area contributed by atoms with Gasteiger partial charge in [-0.05, 0) is 19.3 Å². The lowest BCUT2D eigenvalue weighted by Gasteiger charge is -2.06. The van der Waals surface area contributed by atoms with Crippen LogP contribution in [0.25, 0.3) is 0 Å². The van der Waals surface area contributed by atoms with Crippen LogP contribution in [0.4, 0.5) is 0 Å². The lowest BCUT2D eigenvalue weighted by molar-refractivity contribution is 0.611. The summed E-state index contributed by atoms with van der Waals surface area (Å²) in [4.78, 5) is 0. The summed E-state index contributed by atoms with van der Waals surface area (Å²) in [6.45, 7) is 2.21. The highest BCUT2D eigenvalue weighted by atomic mass is 79.9. The van der Waals surface area contributed by atoms with E-state index in [9.17, 15) is 0 Å². The number of hydrogen-bond donors (Lipinski definition) is 0. The maximum atomic E-state index is 6.08. The van der Waals surface area contributed by atoms with Crippen molar-refractivity contribution in [2.24, 2.45) is 0 Å². The third-order valence-electron chi connectivity index (χ3n) is 1.77. The molecule has 0 radical (unpaired) electrons. The molecule has 0 saturated carbocycles. The van der Waals surface area contributed by atoms with E-state index in [1.807, 2.05) is 0 Å². The Kier molecular flexibility index (Phi) is 9.48. The normalized spacial score (nSPS) is 13.4. The van der Waals surface area contributed by atoms with Crippen LogP contribution in [-0.2, 0) is 0 Å². The molecular weight excluding hydrogens is 223 g/mol. The van der Waals surface area contributed by atoms with Crippen LogP contribution in [0.5, 0.6) is 0 Å². The molecule has 0 aliphatic rings. The van der Waals surface area contributed by atoms with Crippen LogP contribution in [0.15, 0.2) is 0 Å². The van der Waals surface area contributed by atoms with Gasteiger partial charge in [0.2, 0.25) is 0 Å². The van der Waals surface area contributed by atoms with E-state index in [1.165, 1.54) is 38.5 Å². The van der Waals surface area contributed by atoms with Crippen molar-refractivity contribution in [3.63, 3.8) is 0 Å². The summed E-state index contributed by atoms with van der Waals surface area (Å²) >= 11 is 9.49. The van der Waals surface area contributed by atoms with Crippen molar-refractivity contribution in [3.8, 4) is 0 Å². The van der Waals surface area contributed by atoms with Crippen molar-refractivity contribution in [1.82, 2.24) is 0 Å². The second kappa shape index (κ2) is 8.86. The lowest BCUT2D eigenvalue weighted by atomic mass is 10.1. The van der Waals surface area contributed by atoms with E-state index in [0.29, 0.717) is 5.38 Å². The van der Waals surface area contributed by atoms with Crippen LogP contribution < -0.4 is 0 Å². The Balaban J connectivity index is 3.02. The third-order valence-corrected chi connectivity index (χ3v) is 2.77. The van der Waals surface area contributed by atoms with Crippen LogP contribution in [0.3, 0.4) is 0 Å². The summed E-state index contributed by atoms with van der Waals surface area (Å²) in [5.74, 6) is 0. The van der Waals surface area contributed by atoms with Gasteiger partial charge in [-0.2, -0.15) is 0 Å². The molecule has 0 aromatic rings. The molecule has 0 rings (SSSR count). The molecule has 0 aromatic carbocycles. The lowest BCUT2D eigenvalue weighted by Crippen LogP contribution is -1.97. The van der Waals surface area contributed by atoms with Gasteiger partial charge in [0.15, 0.2) is 0 Å². The molecule has 1 unspecified atom stereocenters. The largest absolute Gasteiger partial charge is 0.123 e. The summed E-state index contributed by atoms with van der Waals surface area (Å²) in [6.07, 6.45) is 7.45. The number of halogens is 2. The van der Waals surface area contributed by atoms with Crippen molar-refractivity contribution in [1.29, 1.82) is 0 Å². The fourth-order valence-electron chi connectivity index (χ4n) is 1.03. The Morgan fingerprint density at radius 2 is 1.82 bits per heavy atom.